The van der Waals surface area contributed by atoms with Crippen molar-refractivity contribution < 1.29 is 4.39 Å². The van der Waals surface area contributed by atoms with Gasteiger partial charge in [-0.3, -0.25) is 4.57 Å². The minimum atomic E-state index is -0.359. The van der Waals surface area contributed by atoms with Gasteiger partial charge in [-0.05, 0) is 48.5 Å². The Bertz CT molecular complexity index is 1300. The monoisotopic (exact) mass is 374 g/mol. The van der Waals surface area contributed by atoms with Crippen molar-refractivity contribution in [2.24, 2.45) is 0 Å². The zero-order valence-electron chi connectivity index (χ0n) is 14.0. The van der Waals surface area contributed by atoms with Crippen LogP contribution in [0.4, 0.5) is 4.39 Å². The molecule has 2 aromatic heterocycles. The van der Waals surface area contributed by atoms with Gasteiger partial charge in [0, 0.05) is 10.6 Å². The molecule has 0 aliphatic heterocycles. The highest BCUT2D eigenvalue weighted by atomic mass is 35.5. The van der Waals surface area contributed by atoms with Crippen molar-refractivity contribution in [1.82, 2.24) is 19.5 Å². The van der Waals surface area contributed by atoms with Gasteiger partial charge in [0.15, 0.2) is 11.3 Å². The number of hydrogen-bond acceptors (Lipinski definition) is 3. The first-order valence-electron chi connectivity index (χ1n) is 8.37. The molecule has 3 aromatic carbocycles. The summed E-state index contributed by atoms with van der Waals surface area (Å²) in [5, 5.41) is 0.620. The summed E-state index contributed by atoms with van der Waals surface area (Å²) in [5.41, 5.74) is 3.60. The van der Waals surface area contributed by atoms with Crippen molar-refractivity contribution in [2.45, 2.75) is 0 Å². The fourth-order valence-corrected chi connectivity index (χ4v) is 3.24. The molecule has 0 amide bonds. The topological polar surface area (TPSA) is 43.6 Å². The van der Waals surface area contributed by atoms with Crippen LogP contribution in [0, 0.1) is 5.82 Å². The van der Waals surface area contributed by atoms with Crippen LogP contribution in [-0.4, -0.2) is 19.5 Å². The molecular weight excluding hydrogens is 363 g/mol. The van der Waals surface area contributed by atoms with Gasteiger partial charge in [0.1, 0.15) is 11.6 Å². The number of rotatable bonds is 2. The number of nitrogens with zero attached hydrogens (tertiary/aromatic N) is 4. The van der Waals surface area contributed by atoms with Crippen LogP contribution in [0.2, 0.25) is 5.02 Å². The standard InChI is InChI=1S/C21H12ClFN4/c22-14-11-9-13(10-12-14)20-26-19-21(25-17-7-3-2-6-16(17)24-19)27(20)18-8-4-1-5-15(18)23/h1-12H. The molecule has 0 N–H and O–H groups in total. The van der Waals surface area contributed by atoms with Crippen LogP contribution < -0.4 is 0 Å². The number of benzene rings is 3. The molecule has 0 aliphatic rings. The van der Waals surface area contributed by atoms with Gasteiger partial charge < -0.3 is 0 Å². The lowest BCUT2D eigenvalue weighted by atomic mass is 10.2. The summed E-state index contributed by atoms with van der Waals surface area (Å²) in [7, 11) is 0. The lowest BCUT2D eigenvalue weighted by molar-refractivity contribution is 0.619. The highest BCUT2D eigenvalue weighted by molar-refractivity contribution is 6.30. The molecule has 0 atom stereocenters. The molecule has 130 valence electrons. The molecular formula is C21H12ClFN4. The zero-order chi connectivity index (χ0) is 18.4. The summed E-state index contributed by atoms with van der Waals surface area (Å²) in [6.07, 6.45) is 0. The van der Waals surface area contributed by atoms with E-state index in [1.54, 1.807) is 34.9 Å². The zero-order valence-corrected chi connectivity index (χ0v) is 14.7. The van der Waals surface area contributed by atoms with Crippen molar-refractivity contribution in [3.05, 3.63) is 83.6 Å². The summed E-state index contributed by atoms with van der Waals surface area (Å²) in [5.74, 6) is 0.198. The number of aromatic nitrogens is 4. The maximum Gasteiger partial charge on any atom is 0.199 e. The van der Waals surface area contributed by atoms with Crippen LogP contribution in [0.15, 0.2) is 72.8 Å². The smallest absolute Gasteiger partial charge is 0.199 e. The Morgan fingerprint density at radius 1 is 0.741 bits per heavy atom. The molecule has 0 saturated carbocycles. The predicted octanol–water partition coefficient (Wildman–Crippen LogP) is 5.43. The largest absolute Gasteiger partial charge is 0.272 e. The Balaban J connectivity index is 1.90. The number of hydrogen-bond donors (Lipinski definition) is 0. The molecule has 27 heavy (non-hydrogen) atoms. The summed E-state index contributed by atoms with van der Waals surface area (Å²) >= 11 is 6.02. The first-order valence-corrected chi connectivity index (χ1v) is 8.74. The van der Waals surface area contributed by atoms with Crippen molar-refractivity contribution >= 4 is 33.9 Å². The van der Waals surface area contributed by atoms with Gasteiger partial charge >= 0.3 is 0 Å². The van der Waals surface area contributed by atoms with E-state index in [-0.39, 0.29) is 5.82 Å². The fraction of sp³-hybridized carbons (Fsp3) is 0. The Morgan fingerprint density at radius 3 is 2.15 bits per heavy atom. The number of para-hydroxylation sites is 3. The normalized spacial score (nSPS) is 11.3. The van der Waals surface area contributed by atoms with Crippen LogP contribution in [0.3, 0.4) is 0 Å². The third-order valence-electron chi connectivity index (χ3n) is 4.37. The highest BCUT2D eigenvalue weighted by Gasteiger charge is 2.19. The van der Waals surface area contributed by atoms with E-state index in [2.05, 4.69) is 9.97 Å². The maximum absolute atomic E-state index is 14.6. The second kappa shape index (κ2) is 6.14. The molecule has 0 radical (unpaired) electrons. The Hall–Kier alpha value is -3.31. The van der Waals surface area contributed by atoms with E-state index in [1.807, 2.05) is 36.4 Å². The quantitative estimate of drug-likeness (QED) is 0.414. The SMILES string of the molecule is Fc1ccccc1-n1c(-c2ccc(Cl)cc2)nc2nc3ccccc3nc21. The Kier molecular flexibility index (Phi) is 3.62. The van der Waals surface area contributed by atoms with Crippen molar-refractivity contribution in [3.8, 4) is 17.1 Å². The summed E-state index contributed by atoms with van der Waals surface area (Å²) in [4.78, 5) is 14.0. The minimum Gasteiger partial charge on any atom is -0.272 e. The van der Waals surface area contributed by atoms with Crippen molar-refractivity contribution in [2.75, 3.05) is 0 Å². The molecule has 6 heteroatoms. The van der Waals surface area contributed by atoms with Crippen LogP contribution in [0.5, 0.6) is 0 Å². The molecule has 5 aromatic rings. The third kappa shape index (κ3) is 2.64. The first kappa shape index (κ1) is 15.9. The van der Waals surface area contributed by atoms with Gasteiger partial charge in [-0.25, -0.2) is 19.3 Å². The average molecular weight is 375 g/mol. The Labute approximate surface area is 158 Å². The Morgan fingerprint density at radius 2 is 1.41 bits per heavy atom. The van der Waals surface area contributed by atoms with Crippen LogP contribution in [0.25, 0.3) is 39.4 Å². The maximum atomic E-state index is 14.6. The number of imidazole rings is 1. The minimum absolute atomic E-state index is 0.359. The van der Waals surface area contributed by atoms with Crippen LogP contribution in [-0.2, 0) is 0 Å². The van der Waals surface area contributed by atoms with E-state index in [9.17, 15) is 4.39 Å². The molecule has 5 rings (SSSR count). The lowest BCUT2D eigenvalue weighted by Crippen LogP contribution is -2.01. The van der Waals surface area contributed by atoms with E-state index >= 15 is 0 Å². The average Bonchev–Trinajstić information content (AvgIpc) is 3.05. The molecule has 0 aliphatic carbocycles. The second-order valence-corrected chi connectivity index (χ2v) is 6.53. The lowest BCUT2D eigenvalue weighted by Gasteiger charge is -2.10. The van der Waals surface area contributed by atoms with E-state index in [0.717, 1.165) is 16.6 Å². The first-order chi connectivity index (χ1) is 13.2. The van der Waals surface area contributed by atoms with Gasteiger partial charge in [0.2, 0.25) is 0 Å². The molecule has 0 unspecified atom stereocenters. The highest BCUT2D eigenvalue weighted by Crippen LogP contribution is 2.30. The molecule has 0 spiro atoms. The fourth-order valence-electron chi connectivity index (χ4n) is 3.11. The van der Waals surface area contributed by atoms with Crippen LogP contribution >= 0.6 is 11.6 Å². The van der Waals surface area contributed by atoms with E-state index < -0.39 is 0 Å². The molecule has 0 fully saturated rings. The molecule has 4 nitrogen and oxygen atoms in total. The van der Waals surface area contributed by atoms with Gasteiger partial charge in [-0.15, -0.1) is 0 Å². The van der Waals surface area contributed by atoms with E-state index in [1.165, 1.54) is 6.07 Å². The molecule has 0 bridgehead atoms. The van der Waals surface area contributed by atoms with Gasteiger partial charge in [0.05, 0.1) is 16.7 Å². The predicted molar refractivity (Wildman–Crippen MR) is 105 cm³/mol. The van der Waals surface area contributed by atoms with Gasteiger partial charge in [-0.2, -0.15) is 0 Å². The van der Waals surface area contributed by atoms with Gasteiger partial charge in [0.25, 0.3) is 0 Å². The second-order valence-electron chi connectivity index (χ2n) is 6.09. The van der Waals surface area contributed by atoms with E-state index in [0.29, 0.717) is 27.8 Å². The molecule has 0 saturated heterocycles. The van der Waals surface area contributed by atoms with Gasteiger partial charge in [-0.1, -0.05) is 35.9 Å². The number of halogens is 2. The van der Waals surface area contributed by atoms with E-state index in [4.69, 9.17) is 16.6 Å². The summed E-state index contributed by atoms with van der Waals surface area (Å²) in [6.45, 7) is 0. The molecule has 2 heterocycles. The summed E-state index contributed by atoms with van der Waals surface area (Å²) < 4.78 is 16.3. The van der Waals surface area contributed by atoms with Crippen LogP contribution in [0.1, 0.15) is 0 Å². The van der Waals surface area contributed by atoms with Crippen molar-refractivity contribution in [1.29, 1.82) is 0 Å². The summed E-state index contributed by atoms with van der Waals surface area (Å²) in [6, 6.07) is 21.4. The number of fused-ring (bicyclic) bond motifs is 2. The van der Waals surface area contributed by atoms with Crippen molar-refractivity contribution in [3.63, 3.8) is 0 Å². The third-order valence-corrected chi connectivity index (χ3v) is 4.62.